The van der Waals surface area contributed by atoms with E-state index >= 15 is 0 Å². The Labute approximate surface area is 180 Å². The maximum atomic E-state index is 12.6. The van der Waals surface area contributed by atoms with Crippen molar-refractivity contribution in [1.29, 1.82) is 0 Å². The van der Waals surface area contributed by atoms with Gasteiger partial charge in [0.25, 0.3) is 5.91 Å². The predicted octanol–water partition coefficient (Wildman–Crippen LogP) is 6.12. The summed E-state index contributed by atoms with van der Waals surface area (Å²) < 4.78 is 4.94. The Kier molecular flexibility index (Phi) is 6.25. The third-order valence-electron chi connectivity index (χ3n) is 3.91. The van der Waals surface area contributed by atoms with Crippen molar-refractivity contribution in [2.75, 3.05) is 12.4 Å². The Balaban J connectivity index is 2.11. The number of thiophene rings is 1. The molecule has 1 amide bonds. The number of nitrogens with zero attached hydrogens (tertiary/aromatic N) is 1. The van der Waals surface area contributed by atoms with E-state index in [0.29, 0.717) is 26.2 Å². The fourth-order valence-corrected chi connectivity index (χ4v) is 4.43. The van der Waals surface area contributed by atoms with Crippen molar-refractivity contribution in [3.05, 3.63) is 67.7 Å². The molecular weight excluding hydrogens is 443 g/mol. The Morgan fingerprint density at radius 3 is 2.57 bits per heavy atom. The summed E-state index contributed by atoms with van der Waals surface area (Å²) in [6, 6.07) is 8.12. The number of carbonyl (C=O) groups excluding carboxylic acids is 2. The maximum Gasteiger partial charge on any atom is 0.341 e. The molecule has 28 heavy (non-hydrogen) atoms. The van der Waals surface area contributed by atoms with Crippen LogP contribution in [0.5, 0.6) is 0 Å². The van der Waals surface area contributed by atoms with Gasteiger partial charge < -0.3 is 10.1 Å². The summed E-state index contributed by atoms with van der Waals surface area (Å²) in [6.07, 6.45) is 1.48. The minimum absolute atomic E-state index is 0.0638. The number of hydrogen-bond donors (Lipinski definition) is 1. The van der Waals surface area contributed by atoms with Crippen molar-refractivity contribution in [1.82, 2.24) is 4.98 Å². The predicted molar refractivity (Wildman–Crippen MR) is 113 cm³/mol. The molecule has 5 nitrogen and oxygen atoms in total. The SMILES string of the molecule is COC(=O)c1c(NC(=O)c2cccnc2Cl)sc(C)c1-c1ccc(Cl)cc1Cl. The Hall–Kier alpha value is -2.12. The van der Waals surface area contributed by atoms with Gasteiger partial charge in [-0.3, -0.25) is 4.79 Å². The van der Waals surface area contributed by atoms with Crippen LogP contribution >= 0.6 is 46.1 Å². The molecule has 0 unspecified atom stereocenters. The van der Waals surface area contributed by atoms with E-state index in [1.54, 1.807) is 30.3 Å². The molecule has 0 fully saturated rings. The van der Waals surface area contributed by atoms with Gasteiger partial charge in [-0.2, -0.15) is 0 Å². The van der Waals surface area contributed by atoms with Gasteiger partial charge in [-0.05, 0) is 31.2 Å². The lowest BCUT2D eigenvalue weighted by molar-refractivity contribution is 0.0603. The third-order valence-corrected chi connectivity index (χ3v) is 5.77. The number of anilines is 1. The van der Waals surface area contributed by atoms with Crippen LogP contribution in [0.3, 0.4) is 0 Å². The number of benzene rings is 1. The molecule has 0 aliphatic carbocycles. The van der Waals surface area contributed by atoms with Gasteiger partial charge in [-0.25, -0.2) is 9.78 Å². The number of nitrogens with one attached hydrogen (secondary N) is 1. The first-order valence-electron chi connectivity index (χ1n) is 7.92. The minimum atomic E-state index is -0.599. The molecular formula is C19H13Cl3N2O3S. The van der Waals surface area contributed by atoms with Crippen LogP contribution in [0.25, 0.3) is 11.1 Å². The van der Waals surface area contributed by atoms with Crippen LogP contribution in [0, 0.1) is 6.92 Å². The van der Waals surface area contributed by atoms with E-state index in [9.17, 15) is 9.59 Å². The lowest BCUT2D eigenvalue weighted by Crippen LogP contribution is -2.15. The lowest BCUT2D eigenvalue weighted by atomic mass is 10.0. The zero-order valence-electron chi connectivity index (χ0n) is 14.7. The van der Waals surface area contributed by atoms with Crippen LogP contribution in [-0.4, -0.2) is 24.0 Å². The van der Waals surface area contributed by atoms with Crippen LogP contribution in [0.1, 0.15) is 25.6 Å². The van der Waals surface area contributed by atoms with E-state index in [2.05, 4.69) is 10.3 Å². The number of esters is 1. The Bertz CT molecular complexity index is 1080. The number of aryl methyl sites for hydroxylation is 1. The molecule has 1 aromatic carbocycles. The molecule has 1 N–H and O–H groups in total. The highest BCUT2D eigenvalue weighted by Crippen LogP contribution is 2.43. The number of halogens is 3. The van der Waals surface area contributed by atoms with E-state index in [4.69, 9.17) is 39.5 Å². The van der Waals surface area contributed by atoms with E-state index < -0.39 is 11.9 Å². The number of aromatic nitrogens is 1. The molecule has 0 aliphatic rings. The second kappa shape index (κ2) is 8.49. The van der Waals surface area contributed by atoms with Crippen molar-refractivity contribution in [3.63, 3.8) is 0 Å². The van der Waals surface area contributed by atoms with E-state index in [1.165, 1.54) is 24.6 Å². The van der Waals surface area contributed by atoms with Gasteiger partial charge in [0.1, 0.15) is 15.7 Å². The van der Waals surface area contributed by atoms with Crippen molar-refractivity contribution in [3.8, 4) is 11.1 Å². The van der Waals surface area contributed by atoms with Crippen molar-refractivity contribution in [2.45, 2.75) is 6.92 Å². The average molecular weight is 456 g/mol. The summed E-state index contributed by atoms with van der Waals surface area (Å²) in [5.74, 6) is -1.09. The lowest BCUT2D eigenvalue weighted by Gasteiger charge is -2.10. The van der Waals surface area contributed by atoms with Crippen molar-refractivity contribution in [2.24, 2.45) is 0 Å². The number of rotatable bonds is 4. The van der Waals surface area contributed by atoms with Gasteiger partial charge in [0.15, 0.2) is 0 Å². The first kappa shape index (κ1) is 20.6. The second-order valence-corrected chi connectivity index (χ2v) is 8.08. The maximum absolute atomic E-state index is 12.6. The Morgan fingerprint density at radius 2 is 1.93 bits per heavy atom. The van der Waals surface area contributed by atoms with Gasteiger partial charge in [0.2, 0.25) is 0 Å². The van der Waals surface area contributed by atoms with Gasteiger partial charge >= 0.3 is 5.97 Å². The van der Waals surface area contributed by atoms with Crippen molar-refractivity contribution >= 4 is 63.0 Å². The molecule has 0 atom stereocenters. The average Bonchev–Trinajstić information content (AvgIpc) is 2.97. The van der Waals surface area contributed by atoms with E-state index in [0.717, 1.165) is 4.88 Å². The summed E-state index contributed by atoms with van der Waals surface area (Å²) in [5.41, 5.74) is 1.59. The van der Waals surface area contributed by atoms with Crippen LogP contribution in [0.4, 0.5) is 5.00 Å². The molecule has 0 saturated carbocycles. The standard InChI is InChI=1S/C19H13Cl3N2O3S/c1-9-14(11-6-5-10(20)8-13(11)21)15(19(26)27-2)18(28-9)24-17(25)12-4-3-7-23-16(12)22/h3-8H,1-2H3,(H,24,25). The van der Waals surface area contributed by atoms with Crippen LogP contribution in [0.2, 0.25) is 15.2 Å². The first-order chi connectivity index (χ1) is 13.3. The minimum Gasteiger partial charge on any atom is -0.465 e. The number of methoxy groups -OCH3 is 1. The molecule has 144 valence electrons. The largest absolute Gasteiger partial charge is 0.465 e. The molecule has 3 aromatic rings. The molecule has 9 heteroatoms. The van der Waals surface area contributed by atoms with E-state index in [-0.39, 0.29) is 16.3 Å². The van der Waals surface area contributed by atoms with Gasteiger partial charge in [0, 0.05) is 32.2 Å². The van der Waals surface area contributed by atoms with Crippen molar-refractivity contribution < 1.29 is 14.3 Å². The quantitative estimate of drug-likeness (QED) is 0.380. The summed E-state index contributed by atoms with van der Waals surface area (Å²) >= 11 is 19.6. The van der Waals surface area contributed by atoms with Gasteiger partial charge in [-0.1, -0.05) is 40.9 Å². The molecule has 0 saturated heterocycles. The summed E-state index contributed by atoms with van der Waals surface area (Å²) in [5, 5.41) is 3.98. The fraction of sp³-hybridized carbons (Fsp3) is 0.105. The topological polar surface area (TPSA) is 68.3 Å². The first-order valence-corrected chi connectivity index (χ1v) is 9.87. The highest BCUT2D eigenvalue weighted by atomic mass is 35.5. The number of pyridine rings is 1. The molecule has 2 aromatic heterocycles. The molecule has 2 heterocycles. The molecule has 0 radical (unpaired) electrons. The normalized spacial score (nSPS) is 10.6. The Morgan fingerprint density at radius 1 is 1.18 bits per heavy atom. The molecule has 0 aliphatic heterocycles. The van der Waals surface area contributed by atoms with E-state index in [1.807, 2.05) is 6.92 Å². The van der Waals surface area contributed by atoms with Gasteiger partial charge in [-0.15, -0.1) is 11.3 Å². The molecule has 0 spiro atoms. The number of amides is 1. The molecule has 3 rings (SSSR count). The third kappa shape index (κ3) is 4.00. The highest BCUT2D eigenvalue weighted by molar-refractivity contribution is 7.17. The number of ether oxygens (including phenoxy) is 1. The summed E-state index contributed by atoms with van der Waals surface area (Å²) in [7, 11) is 1.27. The monoisotopic (exact) mass is 454 g/mol. The van der Waals surface area contributed by atoms with Crippen LogP contribution < -0.4 is 5.32 Å². The summed E-state index contributed by atoms with van der Waals surface area (Å²) in [6.45, 7) is 1.82. The zero-order chi connectivity index (χ0) is 20.4. The fourth-order valence-electron chi connectivity index (χ4n) is 2.67. The van der Waals surface area contributed by atoms with Crippen LogP contribution in [0.15, 0.2) is 36.5 Å². The summed E-state index contributed by atoms with van der Waals surface area (Å²) in [4.78, 5) is 29.8. The number of hydrogen-bond acceptors (Lipinski definition) is 5. The van der Waals surface area contributed by atoms with Crippen LogP contribution in [-0.2, 0) is 4.74 Å². The smallest absolute Gasteiger partial charge is 0.341 e. The van der Waals surface area contributed by atoms with Gasteiger partial charge in [0.05, 0.1) is 12.7 Å². The molecule has 0 bridgehead atoms. The number of carbonyl (C=O) groups is 2. The second-order valence-electron chi connectivity index (χ2n) is 5.65. The zero-order valence-corrected chi connectivity index (χ0v) is 17.8. The highest BCUT2D eigenvalue weighted by Gasteiger charge is 2.27.